The van der Waals surface area contributed by atoms with Crippen LogP contribution in [0.3, 0.4) is 0 Å². The summed E-state index contributed by atoms with van der Waals surface area (Å²) in [5.74, 6) is 1.88. The quantitative estimate of drug-likeness (QED) is 0.753. The molecule has 0 saturated heterocycles. The summed E-state index contributed by atoms with van der Waals surface area (Å²) in [7, 11) is 2.17. The molecule has 0 aromatic carbocycles. The predicted molar refractivity (Wildman–Crippen MR) is 92.6 cm³/mol. The molecule has 0 aromatic heterocycles. The third-order valence-electron chi connectivity index (χ3n) is 6.46. The van der Waals surface area contributed by atoms with Gasteiger partial charge in [-0.2, -0.15) is 0 Å². The standard InChI is InChI=1S/C19H38N2/c1-7-19(4,5)16-10-11-17(20-6)18(12-16)21(14(2)3)13-15-8-9-15/h14-18,20H,7-13H2,1-6H3. The second-order valence-electron chi connectivity index (χ2n) is 8.55. The number of rotatable bonds is 7. The van der Waals surface area contributed by atoms with Gasteiger partial charge in [0.05, 0.1) is 0 Å². The maximum absolute atomic E-state index is 3.63. The summed E-state index contributed by atoms with van der Waals surface area (Å²) in [5.41, 5.74) is 0.499. The van der Waals surface area contributed by atoms with Gasteiger partial charge in [-0.1, -0.05) is 27.2 Å². The van der Waals surface area contributed by atoms with Gasteiger partial charge < -0.3 is 5.32 Å². The molecule has 3 unspecified atom stereocenters. The van der Waals surface area contributed by atoms with Crippen molar-refractivity contribution in [3.8, 4) is 0 Å². The van der Waals surface area contributed by atoms with Crippen LogP contribution in [0, 0.1) is 17.3 Å². The molecule has 0 bridgehead atoms. The molecule has 2 saturated carbocycles. The van der Waals surface area contributed by atoms with Gasteiger partial charge in [-0.25, -0.2) is 0 Å². The lowest BCUT2D eigenvalue weighted by molar-refractivity contribution is 0.0332. The van der Waals surface area contributed by atoms with E-state index < -0.39 is 0 Å². The van der Waals surface area contributed by atoms with E-state index in [1.807, 2.05) is 0 Å². The number of nitrogens with zero attached hydrogens (tertiary/aromatic N) is 1. The van der Waals surface area contributed by atoms with Crippen molar-refractivity contribution in [3.05, 3.63) is 0 Å². The van der Waals surface area contributed by atoms with Crippen LogP contribution in [-0.2, 0) is 0 Å². The van der Waals surface area contributed by atoms with Crippen LogP contribution in [-0.4, -0.2) is 36.6 Å². The molecule has 0 radical (unpaired) electrons. The Morgan fingerprint density at radius 1 is 1.14 bits per heavy atom. The monoisotopic (exact) mass is 294 g/mol. The summed E-state index contributed by atoms with van der Waals surface area (Å²) in [4.78, 5) is 2.83. The molecule has 124 valence electrons. The minimum atomic E-state index is 0.499. The Morgan fingerprint density at radius 2 is 1.81 bits per heavy atom. The van der Waals surface area contributed by atoms with Gasteiger partial charge >= 0.3 is 0 Å². The fourth-order valence-corrected chi connectivity index (χ4v) is 4.18. The number of hydrogen-bond donors (Lipinski definition) is 1. The van der Waals surface area contributed by atoms with Crippen molar-refractivity contribution in [2.24, 2.45) is 17.3 Å². The highest BCUT2D eigenvalue weighted by atomic mass is 15.2. The summed E-state index contributed by atoms with van der Waals surface area (Å²) in [6.07, 6.45) is 8.37. The molecule has 0 heterocycles. The van der Waals surface area contributed by atoms with Crippen LogP contribution in [0.15, 0.2) is 0 Å². The van der Waals surface area contributed by atoms with Crippen molar-refractivity contribution >= 4 is 0 Å². The Kier molecular flexibility index (Phi) is 5.76. The van der Waals surface area contributed by atoms with Crippen LogP contribution in [0.1, 0.15) is 73.1 Å². The molecule has 2 heteroatoms. The fraction of sp³-hybridized carbons (Fsp3) is 1.00. The number of likely N-dealkylation sites (N-methyl/N-ethyl adjacent to an activating group) is 1. The first-order valence-electron chi connectivity index (χ1n) is 9.32. The van der Waals surface area contributed by atoms with E-state index in [1.54, 1.807) is 0 Å². The molecule has 0 aromatic rings. The minimum absolute atomic E-state index is 0.499. The van der Waals surface area contributed by atoms with Gasteiger partial charge in [0.2, 0.25) is 0 Å². The SMILES string of the molecule is CCC(C)(C)C1CCC(NC)C(N(CC2CC2)C(C)C)C1. The largest absolute Gasteiger partial charge is 0.315 e. The van der Waals surface area contributed by atoms with Gasteiger partial charge in [0, 0.05) is 24.7 Å². The Balaban J connectivity index is 2.10. The van der Waals surface area contributed by atoms with Gasteiger partial charge in [-0.05, 0) is 70.3 Å². The Morgan fingerprint density at radius 3 is 2.29 bits per heavy atom. The summed E-state index contributed by atoms with van der Waals surface area (Å²) < 4.78 is 0. The van der Waals surface area contributed by atoms with Crippen molar-refractivity contribution in [2.45, 2.75) is 91.3 Å². The highest BCUT2D eigenvalue weighted by Crippen LogP contribution is 2.43. The lowest BCUT2D eigenvalue weighted by Gasteiger charge is -2.48. The molecular formula is C19H38N2. The van der Waals surface area contributed by atoms with E-state index in [4.69, 9.17) is 0 Å². The topological polar surface area (TPSA) is 15.3 Å². The van der Waals surface area contributed by atoms with E-state index in [0.717, 1.165) is 17.9 Å². The zero-order valence-electron chi connectivity index (χ0n) is 15.3. The first kappa shape index (κ1) is 17.3. The molecule has 1 N–H and O–H groups in total. The van der Waals surface area contributed by atoms with E-state index in [9.17, 15) is 0 Å². The molecule has 2 rings (SSSR count). The maximum atomic E-state index is 3.63. The summed E-state index contributed by atoms with van der Waals surface area (Å²) in [5, 5.41) is 3.63. The first-order valence-corrected chi connectivity index (χ1v) is 9.32. The molecule has 2 fully saturated rings. The molecule has 2 aliphatic rings. The van der Waals surface area contributed by atoms with Crippen LogP contribution >= 0.6 is 0 Å². The van der Waals surface area contributed by atoms with Crippen molar-refractivity contribution < 1.29 is 0 Å². The molecular weight excluding hydrogens is 256 g/mol. The molecule has 0 amide bonds. The highest BCUT2D eigenvalue weighted by molar-refractivity contribution is 4.96. The lowest BCUT2D eigenvalue weighted by atomic mass is 9.67. The van der Waals surface area contributed by atoms with Crippen molar-refractivity contribution in [3.63, 3.8) is 0 Å². The molecule has 0 spiro atoms. The molecule has 3 atom stereocenters. The Bertz CT molecular complexity index is 320. The average Bonchev–Trinajstić information content (AvgIpc) is 3.27. The normalized spacial score (nSPS) is 31.1. The Hall–Kier alpha value is -0.0800. The predicted octanol–water partition coefficient (Wildman–Crippen LogP) is 4.30. The van der Waals surface area contributed by atoms with E-state index in [0.29, 0.717) is 17.5 Å². The molecule has 2 aliphatic carbocycles. The summed E-state index contributed by atoms with van der Waals surface area (Å²) in [6, 6.07) is 2.10. The second kappa shape index (κ2) is 7.00. The van der Waals surface area contributed by atoms with Gasteiger partial charge in [0.25, 0.3) is 0 Å². The third-order valence-corrected chi connectivity index (χ3v) is 6.46. The van der Waals surface area contributed by atoms with Crippen LogP contribution in [0.25, 0.3) is 0 Å². The van der Waals surface area contributed by atoms with Gasteiger partial charge in [0.15, 0.2) is 0 Å². The van der Waals surface area contributed by atoms with E-state index in [-0.39, 0.29) is 0 Å². The van der Waals surface area contributed by atoms with Crippen LogP contribution in [0.5, 0.6) is 0 Å². The first-order chi connectivity index (χ1) is 9.89. The van der Waals surface area contributed by atoms with Crippen molar-refractivity contribution in [2.75, 3.05) is 13.6 Å². The van der Waals surface area contributed by atoms with E-state index >= 15 is 0 Å². The van der Waals surface area contributed by atoms with E-state index in [1.165, 1.54) is 45.1 Å². The number of hydrogen-bond acceptors (Lipinski definition) is 2. The van der Waals surface area contributed by atoms with Crippen molar-refractivity contribution in [1.82, 2.24) is 10.2 Å². The lowest BCUT2D eigenvalue weighted by Crippen LogP contribution is -2.56. The average molecular weight is 295 g/mol. The molecule has 0 aliphatic heterocycles. The zero-order chi connectivity index (χ0) is 15.6. The highest BCUT2D eigenvalue weighted by Gasteiger charge is 2.40. The van der Waals surface area contributed by atoms with Crippen LogP contribution in [0.4, 0.5) is 0 Å². The van der Waals surface area contributed by atoms with E-state index in [2.05, 4.69) is 51.9 Å². The van der Waals surface area contributed by atoms with Crippen LogP contribution in [0.2, 0.25) is 0 Å². The zero-order valence-corrected chi connectivity index (χ0v) is 15.3. The van der Waals surface area contributed by atoms with Gasteiger partial charge in [0.1, 0.15) is 0 Å². The van der Waals surface area contributed by atoms with Gasteiger partial charge in [-0.3, -0.25) is 4.90 Å². The third kappa shape index (κ3) is 4.22. The fourth-order valence-electron chi connectivity index (χ4n) is 4.18. The summed E-state index contributed by atoms with van der Waals surface area (Å²) >= 11 is 0. The second-order valence-corrected chi connectivity index (χ2v) is 8.55. The number of nitrogens with one attached hydrogen (secondary N) is 1. The van der Waals surface area contributed by atoms with Crippen LogP contribution < -0.4 is 5.32 Å². The summed E-state index contributed by atoms with van der Waals surface area (Å²) in [6.45, 7) is 13.4. The Labute approximate surface area is 133 Å². The van der Waals surface area contributed by atoms with Crippen molar-refractivity contribution in [1.29, 1.82) is 0 Å². The minimum Gasteiger partial charge on any atom is -0.315 e. The molecule has 2 nitrogen and oxygen atoms in total. The van der Waals surface area contributed by atoms with Gasteiger partial charge in [-0.15, -0.1) is 0 Å². The molecule has 21 heavy (non-hydrogen) atoms. The smallest absolute Gasteiger partial charge is 0.0254 e. The maximum Gasteiger partial charge on any atom is 0.0254 e.